The van der Waals surface area contributed by atoms with Gasteiger partial charge in [-0.2, -0.15) is 0 Å². The van der Waals surface area contributed by atoms with Gasteiger partial charge in [-0.05, 0) is 51.7 Å². The van der Waals surface area contributed by atoms with Crippen LogP contribution in [0.2, 0.25) is 0 Å². The molecule has 1 aromatic carbocycles. The molecule has 2 aliphatic rings. The van der Waals surface area contributed by atoms with Crippen LogP contribution >= 0.6 is 0 Å². The molecule has 0 bridgehead atoms. The maximum absolute atomic E-state index is 12.7. The molecule has 27 heavy (non-hydrogen) atoms. The zero-order valence-electron chi connectivity index (χ0n) is 15.9. The third-order valence-corrected chi connectivity index (χ3v) is 5.19. The maximum Gasteiger partial charge on any atom is 0.410 e. The first kappa shape index (κ1) is 17.8. The SMILES string of the molecule is CC(C)(C)OC(=O)N1C(CNC(=O)c2cccc3cccnc23)CC2CC21. The second kappa shape index (κ2) is 6.51. The minimum Gasteiger partial charge on any atom is -0.444 e. The van der Waals surface area contributed by atoms with Crippen molar-refractivity contribution in [3.8, 4) is 0 Å². The van der Waals surface area contributed by atoms with Crippen molar-refractivity contribution >= 4 is 22.9 Å². The fourth-order valence-corrected chi connectivity index (χ4v) is 3.93. The number of para-hydroxylation sites is 1. The van der Waals surface area contributed by atoms with Crippen LogP contribution in [0.25, 0.3) is 10.9 Å². The first-order valence-corrected chi connectivity index (χ1v) is 9.47. The summed E-state index contributed by atoms with van der Waals surface area (Å²) < 4.78 is 5.56. The van der Waals surface area contributed by atoms with Crippen molar-refractivity contribution in [3.63, 3.8) is 0 Å². The number of aromatic nitrogens is 1. The summed E-state index contributed by atoms with van der Waals surface area (Å²) in [6.45, 7) is 6.04. The zero-order valence-corrected chi connectivity index (χ0v) is 15.9. The number of hydrogen-bond donors (Lipinski definition) is 1. The molecule has 1 N–H and O–H groups in total. The van der Waals surface area contributed by atoms with E-state index in [0.29, 0.717) is 23.5 Å². The van der Waals surface area contributed by atoms with Gasteiger partial charge in [0, 0.05) is 24.2 Å². The fourth-order valence-electron chi connectivity index (χ4n) is 3.93. The molecular weight excluding hydrogens is 342 g/mol. The molecule has 0 spiro atoms. The number of likely N-dealkylation sites (tertiary alicyclic amines) is 1. The van der Waals surface area contributed by atoms with Gasteiger partial charge in [0.05, 0.1) is 17.1 Å². The number of nitrogens with one attached hydrogen (secondary N) is 1. The van der Waals surface area contributed by atoms with E-state index in [9.17, 15) is 9.59 Å². The summed E-state index contributed by atoms with van der Waals surface area (Å²) in [5, 5.41) is 3.93. The van der Waals surface area contributed by atoms with Gasteiger partial charge >= 0.3 is 6.09 Å². The topological polar surface area (TPSA) is 71.5 Å². The van der Waals surface area contributed by atoms with Crippen LogP contribution < -0.4 is 5.32 Å². The highest BCUT2D eigenvalue weighted by molar-refractivity contribution is 6.05. The Morgan fingerprint density at radius 1 is 1.22 bits per heavy atom. The molecule has 0 radical (unpaired) electrons. The Labute approximate surface area is 158 Å². The van der Waals surface area contributed by atoms with Gasteiger partial charge in [-0.1, -0.05) is 18.2 Å². The average Bonchev–Trinajstić information content (AvgIpc) is 3.27. The Bertz CT molecular complexity index is 884. The van der Waals surface area contributed by atoms with E-state index in [-0.39, 0.29) is 24.1 Å². The van der Waals surface area contributed by atoms with Gasteiger partial charge in [-0.25, -0.2) is 4.79 Å². The standard InChI is InChI=1S/C21H25N3O3/c1-21(2,3)27-20(26)24-15(10-14-11-17(14)24)12-23-19(25)16-8-4-6-13-7-5-9-22-18(13)16/h4-9,14-15,17H,10-12H2,1-3H3,(H,23,25). The Balaban J connectivity index is 1.44. The molecule has 2 aromatic rings. The van der Waals surface area contributed by atoms with Crippen molar-refractivity contribution in [1.29, 1.82) is 0 Å². The number of rotatable bonds is 3. The third kappa shape index (κ3) is 3.61. The zero-order chi connectivity index (χ0) is 19.2. The van der Waals surface area contributed by atoms with E-state index in [2.05, 4.69) is 10.3 Å². The predicted octanol–water partition coefficient (Wildman–Crippen LogP) is 3.36. The highest BCUT2D eigenvalue weighted by Crippen LogP contribution is 2.48. The lowest BCUT2D eigenvalue weighted by Gasteiger charge is -2.30. The van der Waals surface area contributed by atoms with Gasteiger partial charge in [0.25, 0.3) is 5.91 Å². The first-order valence-electron chi connectivity index (χ1n) is 9.47. The number of benzene rings is 1. The molecule has 2 amide bonds. The largest absolute Gasteiger partial charge is 0.444 e. The molecule has 142 valence electrons. The molecule has 2 fully saturated rings. The van der Waals surface area contributed by atoms with Crippen LogP contribution in [0.1, 0.15) is 44.0 Å². The van der Waals surface area contributed by atoms with Crippen LogP contribution in [-0.2, 0) is 4.74 Å². The van der Waals surface area contributed by atoms with Crippen molar-refractivity contribution in [2.75, 3.05) is 6.54 Å². The highest BCUT2D eigenvalue weighted by atomic mass is 16.6. The van der Waals surface area contributed by atoms with Gasteiger partial charge in [-0.3, -0.25) is 9.78 Å². The maximum atomic E-state index is 12.7. The number of amides is 2. The second-order valence-electron chi connectivity index (χ2n) is 8.43. The summed E-state index contributed by atoms with van der Waals surface area (Å²) in [7, 11) is 0. The summed E-state index contributed by atoms with van der Waals surface area (Å²) in [5.41, 5.74) is 0.725. The molecule has 1 aromatic heterocycles. The van der Waals surface area contributed by atoms with Crippen molar-refractivity contribution < 1.29 is 14.3 Å². The molecule has 1 saturated heterocycles. The molecule has 1 saturated carbocycles. The van der Waals surface area contributed by atoms with E-state index < -0.39 is 5.60 Å². The summed E-state index contributed by atoms with van der Waals surface area (Å²) >= 11 is 0. The quantitative estimate of drug-likeness (QED) is 0.903. The van der Waals surface area contributed by atoms with Crippen LogP contribution in [0.3, 0.4) is 0 Å². The Hall–Kier alpha value is -2.63. The van der Waals surface area contributed by atoms with Gasteiger partial charge in [0.15, 0.2) is 0 Å². The van der Waals surface area contributed by atoms with Crippen LogP contribution in [-0.4, -0.2) is 46.1 Å². The van der Waals surface area contributed by atoms with Crippen LogP contribution in [0, 0.1) is 5.92 Å². The normalized spacial score (nSPS) is 23.8. The monoisotopic (exact) mass is 367 g/mol. The van der Waals surface area contributed by atoms with E-state index in [4.69, 9.17) is 4.74 Å². The lowest BCUT2D eigenvalue weighted by atomic mass is 10.1. The molecule has 4 rings (SSSR count). The van der Waals surface area contributed by atoms with Gasteiger partial charge in [-0.15, -0.1) is 0 Å². The summed E-state index contributed by atoms with van der Waals surface area (Å²) in [5.74, 6) is 0.377. The third-order valence-electron chi connectivity index (χ3n) is 5.19. The van der Waals surface area contributed by atoms with Crippen molar-refractivity contribution in [3.05, 3.63) is 42.1 Å². The second-order valence-corrected chi connectivity index (χ2v) is 8.43. The highest BCUT2D eigenvalue weighted by Gasteiger charge is 2.54. The predicted molar refractivity (Wildman–Crippen MR) is 102 cm³/mol. The molecule has 2 heterocycles. The molecule has 3 unspecified atom stereocenters. The summed E-state index contributed by atoms with van der Waals surface area (Å²) in [4.78, 5) is 31.5. The van der Waals surface area contributed by atoms with Gasteiger partial charge in [0.2, 0.25) is 0 Å². The molecule has 3 atom stereocenters. The molecule has 1 aliphatic heterocycles. The Kier molecular flexibility index (Phi) is 4.29. The van der Waals surface area contributed by atoms with Crippen molar-refractivity contribution in [2.24, 2.45) is 5.92 Å². The van der Waals surface area contributed by atoms with Crippen LogP contribution in [0.5, 0.6) is 0 Å². The smallest absolute Gasteiger partial charge is 0.410 e. The number of carbonyl (C=O) groups is 2. The van der Waals surface area contributed by atoms with E-state index in [1.54, 1.807) is 12.3 Å². The van der Waals surface area contributed by atoms with Crippen LogP contribution in [0.15, 0.2) is 36.5 Å². The number of pyridine rings is 1. The van der Waals surface area contributed by atoms with E-state index in [0.717, 1.165) is 18.2 Å². The minimum atomic E-state index is -0.521. The number of nitrogens with zero attached hydrogens (tertiary/aromatic N) is 2. The molecule has 6 nitrogen and oxygen atoms in total. The van der Waals surface area contributed by atoms with E-state index >= 15 is 0 Å². The number of piperidine rings is 1. The summed E-state index contributed by atoms with van der Waals surface area (Å²) in [6.07, 6.45) is 3.36. The number of hydrogen-bond acceptors (Lipinski definition) is 4. The number of ether oxygens (including phenoxy) is 1. The Morgan fingerprint density at radius 2 is 2.00 bits per heavy atom. The van der Waals surface area contributed by atoms with E-state index in [1.165, 1.54) is 0 Å². The van der Waals surface area contributed by atoms with Gasteiger partial charge in [0.1, 0.15) is 5.60 Å². The minimum absolute atomic E-state index is 0.0181. The molecular formula is C21H25N3O3. The Morgan fingerprint density at radius 3 is 2.78 bits per heavy atom. The fraction of sp³-hybridized carbons (Fsp3) is 0.476. The van der Waals surface area contributed by atoms with Crippen molar-refractivity contribution in [1.82, 2.24) is 15.2 Å². The number of carbonyl (C=O) groups excluding carboxylic acids is 2. The molecule has 6 heteroatoms. The first-order chi connectivity index (χ1) is 12.8. The van der Waals surface area contributed by atoms with Crippen LogP contribution in [0.4, 0.5) is 4.79 Å². The lowest BCUT2D eigenvalue weighted by Crippen LogP contribution is -2.47. The van der Waals surface area contributed by atoms with Crippen molar-refractivity contribution in [2.45, 2.75) is 51.3 Å². The average molecular weight is 367 g/mol. The summed E-state index contributed by atoms with van der Waals surface area (Å²) in [6, 6.07) is 9.62. The molecule has 1 aliphatic carbocycles. The number of fused-ring (bicyclic) bond motifs is 2. The van der Waals surface area contributed by atoms with Gasteiger partial charge < -0.3 is 15.0 Å². The lowest BCUT2D eigenvalue weighted by molar-refractivity contribution is 0.0183. The van der Waals surface area contributed by atoms with E-state index in [1.807, 2.05) is 49.9 Å².